The summed E-state index contributed by atoms with van der Waals surface area (Å²) >= 11 is 0. The number of fused-ring (bicyclic) bond motifs is 2. The van der Waals surface area contributed by atoms with Gasteiger partial charge >= 0.3 is 0 Å². The summed E-state index contributed by atoms with van der Waals surface area (Å²) in [6, 6.07) is 29.8. The number of hydrogen-bond acceptors (Lipinski definition) is 7. The molecule has 1 aliphatic carbocycles. The van der Waals surface area contributed by atoms with Gasteiger partial charge in [0.2, 0.25) is 5.91 Å². The Labute approximate surface area is 310 Å². The number of aryl methyl sites for hydroxylation is 1. The predicted molar refractivity (Wildman–Crippen MR) is 205 cm³/mol. The normalized spacial score (nSPS) is 21.7. The second kappa shape index (κ2) is 14.9. The molecule has 0 aromatic heterocycles. The smallest absolute Gasteiger partial charge is 0.262 e. The summed E-state index contributed by atoms with van der Waals surface area (Å²) in [4.78, 5) is 44.9. The summed E-state index contributed by atoms with van der Waals surface area (Å²) in [6.07, 6.45) is 4.93. The third-order valence-electron chi connectivity index (χ3n) is 11.5. The van der Waals surface area contributed by atoms with Crippen molar-refractivity contribution < 1.29 is 24.2 Å². The number of amides is 3. The number of aromatic hydroxyl groups is 1. The molecule has 4 aromatic carbocycles. The number of piperazine rings is 1. The summed E-state index contributed by atoms with van der Waals surface area (Å²) in [7, 11) is 0. The van der Waals surface area contributed by atoms with Crippen LogP contribution in [0.2, 0.25) is 0 Å². The maximum atomic E-state index is 13.3. The fourth-order valence-corrected chi connectivity index (χ4v) is 8.64. The molecular weight excluding hydrogens is 665 g/mol. The Morgan fingerprint density at radius 2 is 1.55 bits per heavy atom. The van der Waals surface area contributed by atoms with Gasteiger partial charge in [-0.1, -0.05) is 55.1 Å². The number of carbonyl (C=O) groups excluding carboxylic acids is 3. The number of anilines is 1. The molecule has 0 radical (unpaired) electrons. The molecule has 9 heteroatoms. The molecule has 3 amide bonds. The zero-order valence-corrected chi connectivity index (χ0v) is 30.0. The number of piperidine rings is 1. The second-order valence-corrected chi connectivity index (χ2v) is 14.7. The van der Waals surface area contributed by atoms with Crippen molar-refractivity contribution in [2.24, 2.45) is 0 Å². The largest absolute Gasteiger partial charge is 0.508 e. The van der Waals surface area contributed by atoms with Crippen LogP contribution in [0.15, 0.2) is 103 Å². The molecule has 272 valence electrons. The molecule has 8 rings (SSSR count). The molecule has 3 heterocycles. The zero-order chi connectivity index (χ0) is 36.5. The van der Waals surface area contributed by atoms with Gasteiger partial charge in [0.15, 0.2) is 0 Å². The standard InChI is InChI=1S/C44H46N4O5/c1-29-9-20-40(42(50)45-29)48-43(51)38-18-13-33(28-39(38)44(48)52)47-24-22-46(23-25-47)21-5-6-26-53-35-15-10-31(11-16-35)41-36(30-7-3-2-4-8-30)17-12-32-27-34(49)14-19-37(32)41/h2-4,7-8,10-11,13-16,18-19,27-28,36,40-41,49H,1,5-6,9,12,17,20-26H2,(H,45,50)/t36-,40?,41+/m1/s1. The number of unbranched alkanes of at least 4 members (excludes halogenated alkanes) is 1. The van der Waals surface area contributed by atoms with Crippen LogP contribution in [0.3, 0.4) is 0 Å². The lowest BCUT2D eigenvalue weighted by molar-refractivity contribution is -0.125. The van der Waals surface area contributed by atoms with Gasteiger partial charge < -0.3 is 20.1 Å². The highest BCUT2D eigenvalue weighted by molar-refractivity contribution is 6.23. The maximum absolute atomic E-state index is 13.3. The number of phenolic OH excluding ortho intramolecular Hbond substituents is 1. The lowest BCUT2D eigenvalue weighted by atomic mass is 9.69. The van der Waals surface area contributed by atoms with E-state index in [1.54, 1.807) is 6.07 Å². The van der Waals surface area contributed by atoms with Gasteiger partial charge in [0.05, 0.1) is 17.7 Å². The molecule has 4 aromatic rings. The molecular formula is C44H46N4O5. The van der Waals surface area contributed by atoms with E-state index in [1.165, 1.54) is 22.3 Å². The number of imide groups is 1. The van der Waals surface area contributed by atoms with Gasteiger partial charge in [0.1, 0.15) is 17.5 Å². The van der Waals surface area contributed by atoms with Crippen LogP contribution >= 0.6 is 0 Å². The van der Waals surface area contributed by atoms with Crippen LogP contribution in [0.25, 0.3) is 0 Å². The Balaban J connectivity index is 0.807. The van der Waals surface area contributed by atoms with Gasteiger partial charge in [-0.3, -0.25) is 24.2 Å². The maximum Gasteiger partial charge on any atom is 0.262 e. The minimum atomic E-state index is -0.804. The van der Waals surface area contributed by atoms with E-state index in [1.807, 2.05) is 24.3 Å². The minimum absolute atomic E-state index is 0.216. The molecule has 2 fully saturated rings. The Morgan fingerprint density at radius 1 is 0.774 bits per heavy atom. The number of nitrogens with one attached hydrogen (secondary N) is 1. The summed E-state index contributed by atoms with van der Waals surface area (Å²) in [5.41, 5.74) is 7.41. The van der Waals surface area contributed by atoms with Crippen molar-refractivity contribution in [1.82, 2.24) is 15.1 Å². The van der Waals surface area contributed by atoms with Crippen LogP contribution in [0.1, 0.15) is 86.9 Å². The molecule has 3 atom stereocenters. The summed E-state index contributed by atoms with van der Waals surface area (Å²) < 4.78 is 6.18. The molecule has 2 saturated heterocycles. The zero-order valence-electron chi connectivity index (χ0n) is 30.0. The van der Waals surface area contributed by atoms with E-state index in [0.717, 1.165) is 74.7 Å². The average molecular weight is 711 g/mol. The average Bonchev–Trinajstić information content (AvgIpc) is 3.43. The van der Waals surface area contributed by atoms with Crippen LogP contribution in [0.4, 0.5) is 5.69 Å². The predicted octanol–water partition coefficient (Wildman–Crippen LogP) is 6.62. The van der Waals surface area contributed by atoms with E-state index in [0.29, 0.717) is 47.9 Å². The van der Waals surface area contributed by atoms with Crippen LogP contribution in [0, 0.1) is 0 Å². The van der Waals surface area contributed by atoms with Crippen molar-refractivity contribution in [3.8, 4) is 11.5 Å². The van der Waals surface area contributed by atoms with Gasteiger partial charge in [-0.05, 0) is 116 Å². The Morgan fingerprint density at radius 3 is 2.32 bits per heavy atom. The van der Waals surface area contributed by atoms with Crippen molar-refractivity contribution in [1.29, 1.82) is 0 Å². The first-order valence-corrected chi connectivity index (χ1v) is 18.9. The van der Waals surface area contributed by atoms with Crippen LogP contribution in [-0.2, 0) is 11.2 Å². The first-order chi connectivity index (χ1) is 25.8. The van der Waals surface area contributed by atoms with Gasteiger partial charge in [0.25, 0.3) is 11.8 Å². The van der Waals surface area contributed by atoms with Crippen molar-refractivity contribution in [2.75, 3.05) is 44.2 Å². The molecule has 2 N–H and O–H groups in total. The molecule has 9 nitrogen and oxygen atoms in total. The number of ether oxygens (including phenoxy) is 1. The molecule has 0 spiro atoms. The monoisotopic (exact) mass is 710 g/mol. The van der Waals surface area contributed by atoms with Gasteiger partial charge in [0, 0.05) is 43.5 Å². The van der Waals surface area contributed by atoms with Gasteiger partial charge in [-0.15, -0.1) is 0 Å². The van der Waals surface area contributed by atoms with E-state index >= 15 is 0 Å². The minimum Gasteiger partial charge on any atom is -0.508 e. The summed E-state index contributed by atoms with van der Waals surface area (Å²) in [6.45, 7) is 8.95. The van der Waals surface area contributed by atoms with E-state index in [4.69, 9.17) is 4.74 Å². The molecule has 4 aliphatic rings. The molecule has 53 heavy (non-hydrogen) atoms. The molecule has 3 aliphatic heterocycles. The van der Waals surface area contributed by atoms with E-state index < -0.39 is 17.9 Å². The van der Waals surface area contributed by atoms with Crippen LogP contribution in [-0.4, -0.2) is 78.0 Å². The van der Waals surface area contributed by atoms with Gasteiger partial charge in [-0.25, -0.2) is 0 Å². The third-order valence-corrected chi connectivity index (χ3v) is 11.5. The van der Waals surface area contributed by atoms with Gasteiger partial charge in [-0.2, -0.15) is 0 Å². The van der Waals surface area contributed by atoms with Crippen molar-refractivity contribution >= 4 is 23.4 Å². The Kier molecular flexibility index (Phi) is 9.75. The highest BCUT2D eigenvalue weighted by Crippen LogP contribution is 2.47. The Hall–Kier alpha value is -5.41. The van der Waals surface area contributed by atoms with Crippen molar-refractivity contribution in [2.45, 2.75) is 56.4 Å². The van der Waals surface area contributed by atoms with Crippen LogP contribution in [0.5, 0.6) is 11.5 Å². The van der Waals surface area contributed by atoms with E-state index in [9.17, 15) is 19.5 Å². The van der Waals surface area contributed by atoms with E-state index in [2.05, 4.69) is 82.4 Å². The SMILES string of the molecule is C=C1CCC(N2C(=O)c3ccc(N4CCN(CCCCOc5ccc([C@@H]6c7ccc(O)cc7CC[C@@H]6c6ccccc6)cc5)CC4)cc3C2=O)C(=O)N1. The molecule has 1 unspecified atom stereocenters. The van der Waals surface area contributed by atoms with Crippen molar-refractivity contribution in [3.05, 3.63) is 137 Å². The highest BCUT2D eigenvalue weighted by atomic mass is 16.5. The number of phenols is 1. The van der Waals surface area contributed by atoms with E-state index in [-0.39, 0.29) is 11.8 Å². The highest BCUT2D eigenvalue weighted by Gasteiger charge is 2.44. The fraction of sp³-hybridized carbons (Fsp3) is 0.341. The first kappa shape index (κ1) is 34.7. The van der Waals surface area contributed by atoms with Crippen molar-refractivity contribution in [3.63, 3.8) is 0 Å². The quantitative estimate of drug-likeness (QED) is 0.141. The molecule has 0 bridgehead atoms. The topological polar surface area (TPSA) is 102 Å². The lowest BCUT2D eigenvalue weighted by Crippen LogP contribution is -2.51. The Bertz CT molecular complexity index is 2020. The summed E-state index contributed by atoms with van der Waals surface area (Å²) in [5.74, 6) is 0.641. The first-order valence-electron chi connectivity index (χ1n) is 18.9. The number of nitrogens with zero attached hydrogens (tertiary/aromatic N) is 3. The molecule has 0 saturated carbocycles. The number of rotatable bonds is 10. The number of carbonyl (C=O) groups is 3. The number of allylic oxidation sites excluding steroid dienone is 1. The fourth-order valence-electron chi connectivity index (χ4n) is 8.64. The summed E-state index contributed by atoms with van der Waals surface area (Å²) in [5, 5.41) is 12.8. The van der Waals surface area contributed by atoms with Crippen LogP contribution < -0.4 is 15.0 Å². The number of benzene rings is 4. The third kappa shape index (κ3) is 7.05. The lowest BCUT2D eigenvalue weighted by Gasteiger charge is -2.36. The number of hydrogen-bond donors (Lipinski definition) is 2. The second-order valence-electron chi connectivity index (χ2n) is 14.7.